The topological polar surface area (TPSA) is 55.1 Å². The standard InChI is InChI=1S/C8H11BrN2OS/c9-7-3-2-6(13-7)8(12)11-5-1-4-10/h2-3H,1,4-5,10H2,(H,11,12). The summed E-state index contributed by atoms with van der Waals surface area (Å²) in [5.41, 5.74) is 5.30. The Morgan fingerprint density at radius 2 is 2.38 bits per heavy atom. The summed E-state index contributed by atoms with van der Waals surface area (Å²) in [5, 5.41) is 2.78. The normalized spacial score (nSPS) is 10.0. The number of halogens is 1. The molecular formula is C8H11BrN2OS. The van der Waals surface area contributed by atoms with Crippen LogP contribution in [0.1, 0.15) is 16.1 Å². The third-order valence-corrected chi connectivity index (χ3v) is 3.09. The van der Waals surface area contributed by atoms with Crippen molar-refractivity contribution in [1.29, 1.82) is 0 Å². The number of rotatable bonds is 4. The van der Waals surface area contributed by atoms with Crippen molar-refractivity contribution < 1.29 is 4.79 Å². The van der Waals surface area contributed by atoms with E-state index < -0.39 is 0 Å². The van der Waals surface area contributed by atoms with E-state index in [1.165, 1.54) is 11.3 Å². The molecule has 72 valence electrons. The highest BCUT2D eigenvalue weighted by Gasteiger charge is 2.06. The second-order valence-electron chi connectivity index (χ2n) is 2.50. The molecule has 0 saturated heterocycles. The van der Waals surface area contributed by atoms with Crippen molar-refractivity contribution >= 4 is 33.2 Å². The number of hydrogen-bond acceptors (Lipinski definition) is 3. The monoisotopic (exact) mass is 262 g/mol. The highest BCUT2D eigenvalue weighted by Crippen LogP contribution is 2.21. The first-order valence-electron chi connectivity index (χ1n) is 3.97. The Hall–Kier alpha value is -0.390. The average molecular weight is 263 g/mol. The van der Waals surface area contributed by atoms with Crippen LogP contribution >= 0.6 is 27.3 Å². The lowest BCUT2D eigenvalue weighted by Gasteiger charge is -2.00. The molecule has 0 spiro atoms. The molecule has 1 heterocycles. The van der Waals surface area contributed by atoms with Crippen molar-refractivity contribution in [2.24, 2.45) is 5.73 Å². The molecule has 0 fully saturated rings. The van der Waals surface area contributed by atoms with Gasteiger partial charge in [-0.25, -0.2) is 0 Å². The number of nitrogens with two attached hydrogens (primary N) is 1. The van der Waals surface area contributed by atoms with Gasteiger partial charge in [0, 0.05) is 6.54 Å². The van der Waals surface area contributed by atoms with Crippen LogP contribution in [0.25, 0.3) is 0 Å². The van der Waals surface area contributed by atoms with E-state index in [1.807, 2.05) is 6.07 Å². The minimum atomic E-state index is -0.0239. The van der Waals surface area contributed by atoms with Crippen LogP contribution in [0.3, 0.4) is 0 Å². The Morgan fingerprint density at radius 3 is 2.92 bits per heavy atom. The summed E-state index contributed by atoms with van der Waals surface area (Å²) >= 11 is 4.73. The highest BCUT2D eigenvalue weighted by molar-refractivity contribution is 9.11. The smallest absolute Gasteiger partial charge is 0.261 e. The molecule has 0 aliphatic carbocycles. The zero-order valence-electron chi connectivity index (χ0n) is 7.05. The second-order valence-corrected chi connectivity index (χ2v) is 4.96. The predicted octanol–water partition coefficient (Wildman–Crippen LogP) is 1.59. The summed E-state index contributed by atoms with van der Waals surface area (Å²) in [5.74, 6) is -0.0239. The fourth-order valence-electron chi connectivity index (χ4n) is 0.827. The first-order valence-corrected chi connectivity index (χ1v) is 5.58. The highest BCUT2D eigenvalue weighted by atomic mass is 79.9. The summed E-state index contributed by atoms with van der Waals surface area (Å²) in [7, 11) is 0. The van der Waals surface area contributed by atoms with Crippen LogP contribution in [0.4, 0.5) is 0 Å². The number of hydrogen-bond donors (Lipinski definition) is 2. The predicted molar refractivity (Wildman–Crippen MR) is 58.0 cm³/mol. The van der Waals surface area contributed by atoms with Gasteiger partial charge in [0.05, 0.1) is 8.66 Å². The maximum Gasteiger partial charge on any atom is 0.261 e. The van der Waals surface area contributed by atoms with Gasteiger partial charge in [-0.2, -0.15) is 0 Å². The molecule has 1 amide bonds. The molecule has 3 N–H and O–H groups in total. The quantitative estimate of drug-likeness (QED) is 0.810. The Bertz CT molecular complexity index is 287. The molecule has 0 bridgehead atoms. The molecule has 1 aromatic rings. The lowest BCUT2D eigenvalue weighted by Crippen LogP contribution is -2.25. The van der Waals surface area contributed by atoms with Crippen LogP contribution < -0.4 is 11.1 Å². The van der Waals surface area contributed by atoms with Gasteiger partial charge in [0.2, 0.25) is 0 Å². The van der Waals surface area contributed by atoms with Gasteiger partial charge in [-0.05, 0) is 41.0 Å². The van der Waals surface area contributed by atoms with E-state index in [2.05, 4.69) is 21.2 Å². The number of carbonyl (C=O) groups excluding carboxylic acids is 1. The van der Waals surface area contributed by atoms with Crippen LogP contribution in [0, 0.1) is 0 Å². The minimum Gasteiger partial charge on any atom is -0.351 e. The van der Waals surface area contributed by atoms with E-state index in [0.29, 0.717) is 13.1 Å². The van der Waals surface area contributed by atoms with Gasteiger partial charge in [-0.3, -0.25) is 4.79 Å². The van der Waals surface area contributed by atoms with Gasteiger partial charge in [0.15, 0.2) is 0 Å². The van der Waals surface area contributed by atoms with E-state index in [-0.39, 0.29) is 5.91 Å². The zero-order valence-corrected chi connectivity index (χ0v) is 9.45. The molecule has 5 heteroatoms. The molecule has 0 unspecified atom stereocenters. The van der Waals surface area contributed by atoms with Gasteiger partial charge in [0.1, 0.15) is 0 Å². The van der Waals surface area contributed by atoms with Crippen molar-refractivity contribution in [2.45, 2.75) is 6.42 Å². The number of amides is 1. The van der Waals surface area contributed by atoms with Crippen LogP contribution in [0.2, 0.25) is 0 Å². The van der Waals surface area contributed by atoms with Crippen LogP contribution in [-0.4, -0.2) is 19.0 Å². The first-order chi connectivity index (χ1) is 6.24. The number of carbonyl (C=O) groups is 1. The third kappa shape index (κ3) is 3.46. The largest absolute Gasteiger partial charge is 0.351 e. The maximum absolute atomic E-state index is 11.4. The molecule has 0 aliphatic rings. The zero-order chi connectivity index (χ0) is 9.68. The van der Waals surface area contributed by atoms with Crippen LogP contribution in [-0.2, 0) is 0 Å². The lowest BCUT2D eigenvalue weighted by molar-refractivity contribution is 0.0957. The van der Waals surface area contributed by atoms with Gasteiger partial charge >= 0.3 is 0 Å². The van der Waals surface area contributed by atoms with Crippen LogP contribution in [0.15, 0.2) is 15.9 Å². The molecule has 13 heavy (non-hydrogen) atoms. The first kappa shape index (κ1) is 10.7. The molecule has 1 rings (SSSR count). The second kappa shape index (κ2) is 5.36. The molecule has 3 nitrogen and oxygen atoms in total. The summed E-state index contributed by atoms with van der Waals surface area (Å²) < 4.78 is 0.969. The van der Waals surface area contributed by atoms with Crippen molar-refractivity contribution in [3.8, 4) is 0 Å². The molecule has 0 aromatic carbocycles. The Morgan fingerprint density at radius 1 is 1.62 bits per heavy atom. The fourth-order valence-corrected chi connectivity index (χ4v) is 2.13. The molecule has 0 saturated carbocycles. The third-order valence-electron chi connectivity index (χ3n) is 1.46. The summed E-state index contributed by atoms with van der Waals surface area (Å²) in [6.45, 7) is 1.25. The SMILES string of the molecule is NCCCNC(=O)c1ccc(Br)s1. The van der Waals surface area contributed by atoms with E-state index in [1.54, 1.807) is 6.07 Å². The Balaban J connectivity index is 2.40. The van der Waals surface area contributed by atoms with Gasteiger partial charge in [-0.1, -0.05) is 0 Å². The number of nitrogens with one attached hydrogen (secondary N) is 1. The van der Waals surface area contributed by atoms with E-state index in [4.69, 9.17) is 5.73 Å². The van der Waals surface area contributed by atoms with Crippen molar-refractivity contribution in [3.05, 3.63) is 20.8 Å². The van der Waals surface area contributed by atoms with Gasteiger partial charge in [0.25, 0.3) is 5.91 Å². The van der Waals surface area contributed by atoms with E-state index in [9.17, 15) is 4.79 Å². The average Bonchev–Trinajstić information content (AvgIpc) is 2.52. The lowest BCUT2D eigenvalue weighted by atomic mass is 10.4. The summed E-state index contributed by atoms with van der Waals surface area (Å²) in [4.78, 5) is 12.1. The van der Waals surface area contributed by atoms with Crippen LogP contribution in [0.5, 0.6) is 0 Å². The van der Waals surface area contributed by atoms with Crippen molar-refractivity contribution in [1.82, 2.24) is 5.32 Å². The Kier molecular flexibility index (Phi) is 4.41. The Labute approximate surface area is 89.5 Å². The summed E-state index contributed by atoms with van der Waals surface area (Å²) in [6.07, 6.45) is 0.818. The summed E-state index contributed by atoms with van der Waals surface area (Å²) in [6, 6.07) is 3.66. The van der Waals surface area contributed by atoms with Gasteiger partial charge in [-0.15, -0.1) is 11.3 Å². The minimum absolute atomic E-state index is 0.0239. The van der Waals surface area contributed by atoms with E-state index in [0.717, 1.165) is 15.1 Å². The van der Waals surface area contributed by atoms with Crippen molar-refractivity contribution in [3.63, 3.8) is 0 Å². The molecule has 1 aromatic heterocycles. The molecule has 0 atom stereocenters. The fraction of sp³-hybridized carbons (Fsp3) is 0.375. The molecular weight excluding hydrogens is 252 g/mol. The molecule has 0 aliphatic heterocycles. The number of thiophene rings is 1. The maximum atomic E-state index is 11.4. The molecule has 0 radical (unpaired) electrons. The van der Waals surface area contributed by atoms with Crippen molar-refractivity contribution in [2.75, 3.05) is 13.1 Å². The van der Waals surface area contributed by atoms with Gasteiger partial charge < -0.3 is 11.1 Å². The van der Waals surface area contributed by atoms with E-state index >= 15 is 0 Å².